The molecule has 0 amide bonds. The zero-order valence-electron chi connectivity index (χ0n) is 12.7. The van der Waals surface area contributed by atoms with Crippen LogP contribution in [0.15, 0.2) is 89.2 Å². The largest absolute Gasteiger partial charge is 0.489 e. The maximum Gasteiger partial charge on any atom is 0.120 e. The second-order valence-electron chi connectivity index (χ2n) is 5.51. The Kier molecular flexibility index (Phi) is 3.68. The van der Waals surface area contributed by atoms with Gasteiger partial charge in [-0.05, 0) is 46.5 Å². The Bertz CT molecular complexity index is 868. The summed E-state index contributed by atoms with van der Waals surface area (Å²) in [5, 5.41) is 0. The van der Waals surface area contributed by atoms with Gasteiger partial charge in [-0.15, -0.1) is 0 Å². The van der Waals surface area contributed by atoms with Crippen molar-refractivity contribution in [2.75, 3.05) is 0 Å². The van der Waals surface area contributed by atoms with E-state index >= 15 is 0 Å². The van der Waals surface area contributed by atoms with Crippen LogP contribution in [-0.4, -0.2) is 0 Å². The summed E-state index contributed by atoms with van der Waals surface area (Å²) in [7, 11) is 0. The van der Waals surface area contributed by atoms with Crippen LogP contribution in [0.4, 0.5) is 0 Å². The van der Waals surface area contributed by atoms with Gasteiger partial charge >= 0.3 is 0 Å². The van der Waals surface area contributed by atoms with Crippen LogP contribution in [0.2, 0.25) is 0 Å². The van der Waals surface area contributed by atoms with E-state index in [1.165, 1.54) is 26.5 Å². The molecule has 0 fully saturated rings. The van der Waals surface area contributed by atoms with Crippen molar-refractivity contribution in [2.24, 2.45) is 0 Å². The Labute approximate surface area is 140 Å². The lowest BCUT2D eigenvalue weighted by Gasteiger charge is -2.21. The molecule has 0 saturated carbocycles. The van der Waals surface area contributed by atoms with Gasteiger partial charge in [0.25, 0.3) is 0 Å². The summed E-state index contributed by atoms with van der Waals surface area (Å²) < 4.78 is 5.94. The minimum absolute atomic E-state index is 0.579. The molecule has 0 saturated heterocycles. The third-order valence-corrected chi connectivity index (χ3v) is 5.11. The van der Waals surface area contributed by atoms with Gasteiger partial charge in [-0.25, -0.2) is 0 Å². The summed E-state index contributed by atoms with van der Waals surface area (Å²) in [6.45, 7) is 4.87. The molecular formula is C21H16OS. The van der Waals surface area contributed by atoms with E-state index in [4.69, 9.17) is 4.74 Å². The van der Waals surface area contributed by atoms with Gasteiger partial charge in [-0.2, -0.15) is 0 Å². The van der Waals surface area contributed by atoms with Crippen molar-refractivity contribution >= 4 is 17.3 Å². The molecule has 0 aromatic heterocycles. The Balaban J connectivity index is 1.60. The number of ether oxygens (including phenoxy) is 1. The van der Waals surface area contributed by atoms with E-state index in [0.717, 1.165) is 11.3 Å². The quantitative estimate of drug-likeness (QED) is 0.473. The third kappa shape index (κ3) is 2.78. The predicted molar refractivity (Wildman–Crippen MR) is 95.9 cm³/mol. The fraction of sp³-hybridized carbons (Fsp3) is 0.0476. The van der Waals surface area contributed by atoms with Crippen LogP contribution >= 0.6 is 11.8 Å². The SMILES string of the molecule is C=C1c2ccccc2Sc2ccc(OCc3ccccc3)cc21. The first-order valence-electron chi connectivity index (χ1n) is 7.58. The Morgan fingerprint density at radius 3 is 2.39 bits per heavy atom. The van der Waals surface area contributed by atoms with Crippen molar-refractivity contribution < 1.29 is 4.74 Å². The topological polar surface area (TPSA) is 9.23 Å². The molecule has 0 bridgehead atoms. The number of benzene rings is 3. The van der Waals surface area contributed by atoms with Gasteiger partial charge in [0.05, 0.1) is 0 Å². The van der Waals surface area contributed by atoms with Crippen LogP contribution in [0.1, 0.15) is 16.7 Å². The van der Waals surface area contributed by atoms with E-state index in [1.807, 2.05) is 24.3 Å². The molecule has 1 aliphatic heterocycles. The molecule has 3 aromatic carbocycles. The standard InChI is InChI=1S/C21H16OS/c1-15-18-9-5-6-10-20(18)23-21-12-11-17(13-19(15)21)22-14-16-7-3-2-4-8-16/h2-13H,1,14H2. The molecule has 0 N–H and O–H groups in total. The minimum Gasteiger partial charge on any atom is -0.489 e. The lowest BCUT2D eigenvalue weighted by atomic mass is 9.98. The lowest BCUT2D eigenvalue weighted by Crippen LogP contribution is -2.00. The van der Waals surface area contributed by atoms with Crippen molar-refractivity contribution in [3.63, 3.8) is 0 Å². The lowest BCUT2D eigenvalue weighted by molar-refractivity contribution is 0.306. The number of hydrogen-bond donors (Lipinski definition) is 0. The smallest absolute Gasteiger partial charge is 0.120 e. The maximum atomic E-state index is 5.94. The predicted octanol–water partition coefficient (Wildman–Crippen LogP) is 5.79. The van der Waals surface area contributed by atoms with Crippen LogP contribution in [0.5, 0.6) is 5.75 Å². The van der Waals surface area contributed by atoms with E-state index in [-0.39, 0.29) is 0 Å². The molecule has 23 heavy (non-hydrogen) atoms. The van der Waals surface area contributed by atoms with Gasteiger partial charge in [0.15, 0.2) is 0 Å². The van der Waals surface area contributed by atoms with Crippen molar-refractivity contribution in [3.05, 3.63) is 96.1 Å². The maximum absolute atomic E-state index is 5.94. The first-order valence-corrected chi connectivity index (χ1v) is 8.40. The van der Waals surface area contributed by atoms with Gasteiger partial charge in [-0.1, -0.05) is 66.9 Å². The number of fused-ring (bicyclic) bond motifs is 2. The van der Waals surface area contributed by atoms with Crippen molar-refractivity contribution in [1.82, 2.24) is 0 Å². The van der Waals surface area contributed by atoms with E-state index in [2.05, 4.69) is 55.1 Å². The summed E-state index contributed by atoms with van der Waals surface area (Å²) in [4.78, 5) is 2.50. The second-order valence-corrected chi connectivity index (χ2v) is 6.59. The zero-order chi connectivity index (χ0) is 15.6. The molecule has 1 nitrogen and oxygen atoms in total. The highest BCUT2D eigenvalue weighted by molar-refractivity contribution is 7.99. The molecule has 1 heterocycles. The first-order chi connectivity index (χ1) is 11.3. The van der Waals surface area contributed by atoms with Crippen molar-refractivity contribution in [3.8, 4) is 5.75 Å². The van der Waals surface area contributed by atoms with Crippen molar-refractivity contribution in [2.45, 2.75) is 16.4 Å². The second kappa shape index (κ2) is 5.98. The van der Waals surface area contributed by atoms with Gasteiger partial charge < -0.3 is 4.74 Å². The molecule has 0 unspecified atom stereocenters. The molecule has 0 radical (unpaired) electrons. The van der Waals surface area contributed by atoms with E-state index in [1.54, 1.807) is 11.8 Å². The van der Waals surface area contributed by atoms with Crippen LogP contribution < -0.4 is 4.74 Å². The normalized spacial score (nSPS) is 12.4. The Morgan fingerprint density at radius 1 is 0.783 bits per heavy atom. The van der Waals surface area contributed by atoms with E-state index < -0.39 is 0 Å². The van der Waals surface area contributed by atoms with Gasteiger partial charge in [-0.3, -0.25) is 0 Å². The van der Waals surface area contributed by atoms with Crippen LogP contribution in [0.3, 0.4) is 0 Å². The number of rotatable bonds is 3. The average molecular weight is 316 g/mol. The fourth-order valence-electron chi connectivity index (χ4n) is 2.73. The molecule has 2 heteroatoms. The highest BCUT2D eigenvalue weighted by Crippen LogP contribution is 2.45. The summed E-state index contributed by atoms with van der Waals surface area (Å²) in [6, 6.07) is 24.9. The third-order valence-electron chi connectivity index (χ3n) is 3.96. The highest BCUT2D eigenvalue weighted by atomic mass is 32.2. The fourth-order valence-corrected chi connectivity index (χ4v) is 3.85. The molecule has 0 aliphatic carbocycles. The summed E-state index contributed by atoms with van der Waals surface area (Å²) in [5.74, 6) is 0.883. The molecular weight excluding hydrogens is 300 g/mol. The molecule has 1 aliphatic rings. The van der Waals surface area contributed by atoms with Crippen LogP contribution in [0.25, 0.3) is 5.57 Å². The van der Waals surface area contributed by atoms with Crippen LogP contribution in [-0.2, 0) is 6.61 Å². The molecule has 3 aromatic rings. The van der Waals surface area contributed by atoms with Gasteiger partial charge in [0.2, 0.25) is 0 Å². The number of hydrogen-bond acceptors (Lipinski definition) is 2. The molecule has 0 spiro atoms. The van der Waals surface area contributed by atoms with E-state index in [0.29, 0.717) is 6.61 Å². The molecule has 112 valence electrons. The van der Waals surface area contributed by atoms with E-state index in [9.17, 15) is 0 Å². The highest BCUT2D eigenvalue weighted by Gasteiger charge is 2.19. The zero-order valence-corrected chi connectivity index (χ0v) is 13.5. The summed E-state index contributed by atoms with van der Waals surface area (Å²) in [5.41, 5.74) is 4.62. The molecule has 4 rings (SSSR count). The Morgan fingerprint density at radius 2 is 1.52 bits per heavy atom. The molecule has 0 atom stereocenters. The monoisotopic (exact) mass is 316 g/mol. The average Bonchev–Trinajstić information content (AvgIpc) is 2.61. The first kappa shape index (κ1) is 14.2. The summed E-state index contributed by atoms with van der Waals surface area (Å²) in [6.07, 6.45) is 0. The van der Waals surface area contributed by atoms with Gasteiger partial charge in [0, 0.05) is 9.79 Å². The summed E-state index contributed by atoms with van der Waals surface area (Å²) >= 11 is 1.79. The van der Waals surface area contributed by atoms with Gasteiger partial charge in [0.1, 0.15) is 12.4 Å². The minimum atomic E-state index is 0.579. The van der Waals surface area contributed by atoms with Crippen molar-refractivity contribution in [1.29, 1.82) is 0 Å². The Hall–Kier alpha value is -2.45. The van der Waals surface area contributed by atoms with Crippen LogP contribution in [0, 0.1) is 0 Å².